The van der Waals surface area contributed by atoms with E-state index < -0.39 is 40.6 Å². The molecule has 3 heterocycles. The second-order valence-electron chi connectivity index (χ2n) is 6.31. The maximum Gasteiger partial charge on any atom is 0.418 e. The number of urea groups is 1. The van der Waals surface area contributed by atoms with Crippen LogP contribution in [-0.2, 0) is 24.2 Å². The molecule has 0 saturated carbocycles. The van der Waals surface area contributed by atoms with Crippen molar-refractivity contribution in [1.29, 1.82) is 0 Å². The van der Waals surface area contributed by atoms with E-state index in [1.165, 1.54) is 4.90 Å². The summed E-state index contributed by atoms with van der Waals surface area (Å²) in [5.41, 5.74) is 5.92. The van der Waals surface area contributed by atoms with E-state index in [4.69, 9.17) is 15.0 Å². The van der Waals surface area contributed by atoms with Gasteiger partial charge in [-0.3, -0.25) is 14.7 Å². The Balaban J connectivity index is 1.64. The van der Waals surface area contributed by atoms with Crippen LogP contribution in [0.15, 0.2) is 4.99 Å². The van der Waals surface area contributed by atoms with Gasteiger partial charge in [-0.05, 0) is 25.8 Å². The van der Waals surface area contributed by atoms with E-state index in [-0.39, 0.29) is 18.8 Å². The molecular formula is C13H21N5O7S. The number of rotatable bonds is 5. The van der Waals surface area contributed by atoms with Gasteiger partial charge in [-0.25, -0.2) is 4.79 Å². The first-order chi connectivity index (χ1) is 12.2. The Labute approximate surface area is 150 Å². The molecule has 13 heteroatoms. The van der Waals surface area contributed by atoms with E-state index in [1.54, 1.807) is 0 Å². The van der Waals surface area contributed by atoms with E-state index in [2.05, 4.69) is 14.6 Å². The molecule has 3 fully saturated rings. The Morgan fingerprint density at radius 1 is 1.46 bits per heavy atom. The number of hydrogen-bond acceptors (Lipinski definition) is 7. The summed E-state index contributed by atoms with van der Waals surface area (Å²) in [6.45, 7) is 1.49. The summed E-state index contributed by atoms with van der Waals surface area (Å²) >= 11 is 0. The van der Waals surface area contributed by atoms with Crippen molar-refractivity contribution in [3.05, 3.63) is 0 Å². The quantitative estimate of drug-likeness (QED) is 0.290. The molecule has 3 atom stereocenters. The van der Waals surface area contributed by atoms with Gasteiger partial charge in [0, 0.05) is 13.2 Å². The van der Waals surface area contributed by atoms with E-state index in [9.17, 15) is 18.0 Å². The predicted octanol–water partition coefficient (Wildman–Crippen LogP) is -1.40. The van der Waals surface area contributed by atoms with Gasteiger partial charge in [-0.1, -0.05) is 0 Å². The number of carbonyl (C=O) groups excluding carboxylic acids is 2. The van der Waals surface area contributed by atoms with Gasteiger partial charge in [0.05, 0.1) is 18.5 Å². The molecule has 4 N–H and O–H groups in total. The zero-order valence-electron chi connectivity index (χ0n) is 13.9. The number of nitrogens with zero attached hydrogens (tertiary/aromatic N) is 3. The number of fused-ring (bicyclic) bond motifs is 2. The highest BCUT2D eigenvalue weighted by Gasteiger charge is 2.48. The molecule has 0 aromatic rings. The largest absolute Gasteiger partial charge is 0.418 e. The summed E-state index contributed by atoms with van der Waals surface area (Å²) < 4.78 is 40.3. The Morgan fingerprint density at radius 2 is 2.23 bits per heavy atom. The lowest BCUT2D eigenvalue weighted by Crippen LogP contribution is -2.48. The number of nitrogens with one attached hydrogen (secondary N) is 1. The molecule has 26 heavy (non-hydrogen) atoms. The normalized spacial score (nSPS) is 30.0. The van der Waals surface area contributed by atoms with Crippen LogP contribution in [0.25, 0.3) is 0 Å². The lowest BCUT2D eigenvalue weighted by molar-refractivity contribution is -0.122. The third kappa shape index (κ3) is 4.29. The Hall–Kier alpha value is -1.80. The molecule has 0 aromatic heterocycles. The van der Waals surface area contributed by atoms with Gasteiger partial charge in [0.2, 0.25) is 0 Å². The molecule has 3 aliphatic heterocycles. The minimum atomic E-state index is -4.81. The first-order valence-electron chi connectivity index (χ1n) is 8.23. The number of nitrogens with two attached hydrogens (primary N) is 1. The topological polar surface area (TPSA) is 164 Å². The van der Waals surface area contributed by atoms with Crippen molar-refractivity contribution in [2.75, 3.05) is 19.7 Å². The van der Waals surface area contributed by atoms with Crippen LogP contribution in [0, 0.1) is 0 Å². The van der Waals surface area contributed by atoms with Gasteiger partial charge in [0.25, 0.3) is 5.91 Å². The van der Waals surface area contributed by atoms with E-state index in [0.29, 0.717) is 24.5 Å². The fourth-order valence-electron chi connectivity index (χ4n) is 3.31. The SMILES string of the molecule is NC(=NC(=O)CC1NCCCO1)[C@@H]1CC[C@@H]2CN1C(=O)N2OS(=O)(=O)O. The van der Waals surface area contributed by atoms with Crippen LogP contribution in [0.5, 0.6) is 0 Å². The zero-order valence-corrected chi connectivity index (χ0v) is 14.7. The predicted molar refractivity (Wildman–Crippen MR) is 87.0 cm³/mol. The molecule has 1 unspecified atom stereocenters. The minimum absolute atomic E-state index is 0.0219. The summed E-state index contributed by atoms with van der Waals surface area (Å²) in [6.07, 6.45) is 1.28. The second kappa shape index (κ2) is 7.44. The van der Waals surface area contributed by atoms with Crippen molar-refractivity contribution in [2.24, 2.45) is 10.7 Å². The van der Waals surface area contributed by atoms with Crippen LogP contribution < -0.4 is 11.1 Å². The Morgan fingerprint density at radius 3 is 2.88 bits per heavy atom. The lowest BCUT2D eigenvalue weighted by Gasteiger charge is -2.29. The van der Waals surface area contributed by atoms with Crippen molar-refractivity contribution in [3.8, 4) is 0 Å². The van der Waals surface area contributed by atoms with Gasteiger partial charge in [0.1, 0.15) is 12.1 Å². The summed E-state index contributed by atoms with van der Waals surface area (Å²) in [5.74, 6) is -0.493. The number of hydrogen-bond donors (Lipinski definition) is 3. The second-order valence-corrected chi connectivity index (χ2v) is 7.32. The van der Waals surface area contributed by atoms with Crippen LogP contribution in [0.3, 0.4) is 0 Å². The first-order valence-corrected chi connectivity index (χ1v) is 9.60. The van der Waals surface area contributed by atoms with Crippen LogP contribution in [0.1, 0.15) is 25.7 Å². The van der Waals surface area contributed by atoms with Crippen molar-refractivity contribution in [3.63, 3.8) is 0 Å². The van der Waals surface area contributed by atoms with E-state index >= 15 is 0 Å². The molecule has 0 aliphatic carbocycles. The molecular weight excluding hydrogens is 370 g/mol. The van der Waals surface area contributed by atoms with Crippen molar-refractivity contribution >= 4 is 28.2 Å². The highest BCUT2D eigenvalue weighted by Crippen LogP contribution is 2.30. The number of ether oxygens (including phenoxy) is 1. The lowest BCUT2D eigenvalue weighted by atomic mass is 10.0. The first kappa shape index (κ1) is 19.0. The minimum Gasteiger partial charge on any atom is -0.385 e. The third-order valence-corrected chi connectivity index (χ3v) is 4.81. The standard InChI is InChI=1S/C13H21N5O7S/c14-12(16-10(19)6-11-15-4-1-5-24-11)9-3-2-8-7-17(9)13(20)18(8)25-26(21,22)23/h8-9,11,15H,1-7H2,(H2,14,16,19)(H,21,22,23)/t8-,9+,11?/m1/s1. The van der Waals surface area contributed by atoms with E-state index in [1.807, 2.05) is 0 Å². The number of amidine groups is 1. The fourth-order valence-corrected chi connectivity index (χ4v) is 3.70. The summed E-state index contributed by atoms with van der Waals surface area (Å²) in [6, 6.07) is -1.92. The third-order valence-electron chi connectivity index (χ3n) is 4.46. The van der Waals surface area contributed by atoms with Crippen molar-refractivity contribution in [2.45, 2.75) is 44.0 Å². The average Bonchev–Trinajstić information content (AvgIpc) is 2.79. The molecule has 0 aromatic carbocycles. The molecule has 146 valence electrons. The molecule has 3 amide bonds. The smallest absolute Gasteiger partial charge is 0.385 e. The molecule has 2 bridgehead atoms. The number of hydroxylamine groups is 2. The molecule has 0 spiro atoms. The van der Waals surface area contributed by atoms with Gasteiger partial charge in [-0.2, -0.15) is 18.5 Å². The van der Waals surface area contributed by atoms with Crippen molar-refractivity contribution in [1.82, 2.24) is 15.3 Å². The van der Waals surface area contributed by atoms with Crippen LogP contribution in [-0.4, -0.2) is 78.7 Å². The van der Waals surface area contributed by atoms with Crippen LogP contribution in [0.2, 0.25) is 0 Å². The Kier molecular flexibility index (Phi) is 5.43. The average molecular weight is 391 g/mol. The Bertz CT molecular complexity index is 706. The highest BCUT2D eigenvalue weighted by molar-refractivity contribution is 7.80. The van der Waals surface area contributed by atoms with Gasteiger partial charge in [-0.15, -0.1) is 4.28 Å². The molecule has 3 rings (SSSR count). The van der Waals surface area contributed by atoms with Crippen molar-refractivity contribution < 1.29 is 31.6 Å². The van der Waals surface area contributed by atoms with Crippen LogP contribution >= 0.6 is 0 Å². The number of piperidine rings is 1. The summed E-state index contributed by atoms with van der Waals surface area (Å²) in [4.78, 5) is 29.5. The van der Waals surface area contributed by atoms with E-state index in [0.717, 1.165) is 13.0 Å². The number of amides is 3. The maximum absolute atomic E-state index is 12.3. The zero-order chi connectivity index (χ0) is 18.9. The summed E-state index contributed by atoms with van der Waals surface area (Å²) in [5, 5.41) is 3.66. The van der Waals surface area contributed by atoms with Gasteiger partial charge in [0.15, 0.2) is 0 Å². The molecule has 3 saturated heterocycles. The van der Waals surface area contributed by atoms with Gasteiger partial charge >= 0.3 is 16.4 Å². The monoisotopic (exact) mass is 391 g/mol. The fraction of sp³-hybridized carbons (Fsp3) is 0.769. The maximum atomic E-state index is 12.3. The highest BCUT2D eigenvalue weighted by atomic mass is 32.3. The van der Waals surface area contributed by atoms with Gasteiger partial charge < -0.3 is 15.4 Å². The number of aliphatic imine (C=N–C) groups is 1. The summed E-state index contributed by atoms with van der Waals surface area (Å²) in [7, 11) is -4.81. The van der Waals surface area contributed by atoms with Crippen LogP contribution in [0.4, 0.5) is 4.79 Å². The number of carbonyl (C=O) groups is 2. The molecule has 0 radical (unpaired) electrons. The molecule has 3 aliphatic rings. The molecule has 12 nitrogen and oxygen atoms in total.